The molecule has 0 spiro atoms. The highest BCUT2D eigenvalue weighted by atomic mass is 16.5. The first-order valence-electron chi connectivity index (χ1n) is 10.4. The lowest BCUT2D eigenvalue weighted by Crippen LogP contribution is -2.42. The first-order valence-corrected chi connectivity index (χ1v) is 10.4. The van der Waals surface area contributed by atoms with Gasteiger partial charge in [0.25, 0.3) is 11.8 Å². The normalized spacial score (nSPS) is 15.9. The number of nitrogens with one attached hydrogen (secondary N) is 1. The molecule has 1 aliphatic heterocycles. The van der Waals surface area contributed by atoms with Gasteiger partial charge in [-0.25, -0.2) is 0 Å². The Labute approximate surface area is 168 Å². The monoisotopic (exact) mass is 390 g/mol. The van der Waals surface area contributed by atoms with Gasteiger partial charge in [0, 0.05) is 25.4 Å². The van der Waals surface area contributed by atoms with E-state index in [1.165, 1.54) is 0 Å². The first-order chi connectivity index (χ1) is 13.5. The maximum atomic E-state index is 12.7. The minimum absolute atomic E-state index is 0.0226. The Bertz CT molecular complexity index is 626. The summed E-state index contributed by atoms with van der Waals surface area (Å²) >= 11 is 0. The van der Waals surface area contributed by atoms with E-state index in [0.717, 1.165) is 45.2 Å². The summed E-state index contributed by atoms with van der Waals surface area (Å²) in [6.07, 6.45) is 5.97. The van der Waals surface area contributed by atoms with Crippen molar-refractivity contribution in [2.75, 3.05) is 31.6 Å². The molecule has 0 radical (unpaired) electrons. The fraction of sp³-hybridized carbons (Fsp3) is 0.636. The number of amides is 2. The number of carbonyl (C=O) groups excluding carboxylic acids is 2. The van der Waals surface area contributed by atoms with Gasteiger partial charge < -0.3 is 19.7 Å². The van der Waals surface area contributed by atoms with E-state index in [4.69, 9.17) is 9.47 Å². The number of benzene rings is 1. The number of hydrogen-bond acceptors (Lipinski definition) is 4. The second-order valence-electron chi connectivity index (χ2n) is 7.48. The molecule has 0 bridgehead atoms. The molecule has 2 amide bonds. The van der Waals surface area contributed by atoms with E-state index in [1.807, 2.05) is 18.7 Å². The lowest BCUT2D eigenvalue weighted by molar-refractivity contribution is -0.139. The van der Waals surface area contributed by atoms with Crippen molar-refractivity contribution in [3.05, 3.63) is 24.3 Å². The van der Waals surface area contributed by atoms with E-state index in [2.05, 4.69) is 12.2 Å². The number of hydrogen-bond donors (Lipinski definition) is 1. The fourth-order valence-electron chi connectivity index (χ4n) is 3.38. The Morgan fingerprint density at radius 2 is 1.79 bits per heavy atom. The van der Waals surface area contributed by atoms with E-state index in [1.54, 1.807) is 24.3 Å². The van der Waals surface area contributed by atoms with E-state index in [9.17, 15) is 9.59 Å². The summed E-state index contributed by atoms with van der Waals surface area (Å²) in [5.74, 6) is 0.499. The van der Waals surface area contributed by atoms with Gasteiger partial charge in [0.1, 0.15) is 11.4 Å². The summed E-state index contributed by atoms with van der Waals surface area (Å²) in [5, 5.41) is 2.94. The predicted molar refractivity (Wildman–Crippen MR) is 111 cm³/mol. The number of rotatable bonds is 11. The van der Waals surface area contributed by atoms with Crippen molar-refractivity contribution in [2.45, 2.75) is 64.9 Å². The molecule has 2 rings (SSSR count). The SMILES string of the molecule is CCCCCC(C)(OCC)C(=O)Nc1ccc(OCC(=O)N2CCCC2)cc1. The highest BCUT2D eigenvalue weighted by Crippen LogP contribution is 2.23. The Morgan fingerprint density at radius 1 is 1.11 bits per heavy atom. The van der Waals surface area contributed by atoms with Crippen LogP contribution in [0, 0.1) is 0 Å². The average Bonchev–Trinajstić information content (AvgIpc) is 3.22. The van der Waals surface area contributed by atoms with Crippen molar-refractivity contribution in [1.82, 2.24) is 4.90 Å². The number of anilines is 1. The molecule has 156 valence electrons. The van der Waals surface area contributed by atoms with Crippen LogP contribution in [0.25, 0.3) is 0 Å². The molecule has 1 heterocycles. The fourth-order valence-corrected chi connectivity index (χ4v) is 3.38. The lowest BCUT2D eigenvalue weighted by Gasteiger charge is -2.28. The molecule has 28 heavy (non-hydrogen) atoms. The topological polar surface area (TPSA) is 67.9 Å². The number of ether oxygens (including phenoxy) is 2. The zero-order valence-electron chi connectivity index (χ0n) is 17.5. The maximum Gasteiger partial charge on any atom is 0.260 e. The van der Waals surface area contributed by atoms with Crippen LogP contribution < -0.4 is 10.1 Å². The summed E-state index contributed by atoms with van der Waals surface area (Å²) in [7, 11) is 0. The molecule has 0 saturated carbocycles. The minimum Gasteiger partial charge on any atom is -0.484 e. The standard InChI is InChI=1S/C22H34N2O4/c1-4-6-7-14-22(3,28-5-2)21(26)23-18-10-12-19(13-11-18)27-17-20(25)24-15-8-9-16-24/h10-13H,4-9,14-17H2,1-3H3,(H,23,26). The molecule has 0 aliphatic carbocycles. The van der Waals surface area contributed by atoms with Crippen molar-refractivity contribution >= 4 is 17.5 Å². The van der Waals surface area contributed by atoms with Gasteiger partial charge in [-0.2, -0.15) is 0 Å². The van der Waals surface area contributed by atoms with Crippen molar-refractivity contribution < 1.29 is 19.1 Å². The van der Waals surface area contributed by atoms with Gasteiger partial charge in [-0.3, -0.25) is 9.59 Å². The van der Waals surface area contributed by atoms with Crippen LogP contribution in [-0.2, 0) is 14.3 Å². The van der Waals surface area contributed by atoms with Gasteiger partial charge >= 0.3 is 0 Å². The van der Waals surface area contributed by atoms with Crippen molar-refractivity contribution in [1.29, 1.82) is 0 Å². The van der Waals surface area contributed by atoms with Crippen LogP contribution in [-0.4, -0.2) is 48.6 Å². The highest BCUT2D eigenvalue weighted by molar-refractivity contribution is 5.97. The van der Waals surface area contributed by atoms with Crippen LogP contribution in [0.1, 0.15) is 59.3 Å². The predicted octanol–water partition coefficient (Wildman–Crippen LogP) is 4.00. The summed E-state index contributed by atoms with van der Waals surface area (Å²) in [6.45, 7) is 8.08. The third-order valence-corrected chi connectivity index (χ3v) is 5.13. The maximum absolute atomic E-state index is 12.7. The van der Waals surface area contributed by atoms with E-state index in [-0.39, 0.29) is 18.4 Å². The van der Waals surface area contributed by atoms with Gasteiger partial charge in [-0.05, 0) is 57.4 Å². The highest BCUT2D eigenvalue weighted by Gasteiger charge is 2.33. The van der Waals surface area contributed by atoms with Gasteiger partial charge in [0.15, 0.2) is 6.61 Å². The molecule has 1 N–H and O–H groups in total. The lowest BCUT2D eigenvalue weighted by atomic mass is 9.96. The zero-order chi connectivity index (χ0) is 20.4. The number of likely N-dealkylation sites (tertiary alicyclic amines) is 1. The second-order valence-corrected chi connectivity index (χ2v) is 7.48. The van der Waals surface area contributed by atoms with E-state index >= 15 is 0 Å². The van der Waals surface area contributed by atoms with Crippen LogP contribution in [0.15, 0.2) is 24.3 Å². The molecule has 1 saturated heterocycles. The summed E-state index contributed by atoms with van der Waals surface area (Å²) in [5.41, 5.74) is -0.147. The molecule has 1 fully saturated rings. The second kappa shape index (κ2) is 11.1. The van der Waals surface area contributed by atoms with Crippen LogP contribution >= 0.6 is 0 Å². The molecular formula is C22H34N2O4. The smallest absolute Gasteiger partial charge is 0.260 e. The van der Waals surface area contributed by atoms with Crippen molar-refractivity contribution in [3.63, 3.8) is 0 Å². The van der Waals surface area contributed by atoms with Crippen LogP contribution in [0.2, 0.25) is 0 Å². The molecule has 1 unspecified atom stereocenters. The Kier molecular flexibility index (Phi) is 8.77. The summed E-state index contributed by atoms with van der Waals surface area (Å²) < 4.78 is 11.4. The third kappa shape index (κ3) is 6.51. The number of unbranched alkanes of at least 4 members (excludes halogenated alkanes) is 2. The molecular weight excluding hydrogens is 356 g/mol. The molecule has 0 aromatic heterocycles. The summed E-state index contributed by atoms with van der Waals surface area (Å²) in [4.78, 5) is 26.6. The Morgan fingerprint density at radius 3 is 2.39 bits per heavy atom. The number of nitrogens with zero attached hydrogens (tertiary/aromatic N) is 1. The van der Waals surface area contributed by atoms with Gasteiger partial charge in [-0.1, -0.05) is 26.2 Å². The minimum atomic E-state index is -0.832. The van der Waals surface area contributed by atoms with Crippen molar-refractivity contribution in [2.24, 2.45) is 0 Å². The summed E-state index contributed by atoms with van der Waals surface area (Å²) in [6, 6.07) is 7.10. The molecule has 6 heteroatoms. The Balaban J connectivity index is 1.87. The van der Waals surface area contributed by atoms with Crippen LogP contribution in [0.5, 0.6) is 5.75 Å². The zero-order valence-corrected chi connectivity index (χ0v) is 17.5. The molecule has 1 atom stereocenters. The van der Waals surface area contributed by atoms with E-state index in [0.29, 0.717) is 24.5 Å². The molecule has 1 aromatic carbocycles. The Hall–Kier alpha value is -2.08. The molecule has 6 nitrogen and oxygen atoms in total. The van der Waals surface area contributed by atoms with Gasteiger partial charge in [0.2, 0.25) is 0 Å². The van der Waals surface area contributed by atoms with E-state index < -0.39 is 5.60 Å². The first kappa shape index (κ1) is 22.2. The largest absolute Gasteiger partial charge is 0.484 e. The quantitative estimate of drug-likeness (QED) is 0.580. The van der Waals surface area contributed by atoms with Gasteiger partial charge in [0.05, 0.1) is 0 Å². The van der Waals surface area contributed by atoms with Gasteiger partial charge in [-0.15, -0.1) is 0 Å². The average molecular weight is 391 g/mol. The van der Waals surface area contributed by atoms with Crippen molar-refractivity contribution in [3.8, 4) is 5.75 Å². The number of carbonyl (C=O) groups is 2. The van der Waals surface area contributed by atoms with Crippen LogP contribution in [0.4, 0.5) is 5.69 Å². The molecule has 1 aliphatic rings. The van der Waals surface area contributed by atoms with Crippen LogP contribution in [0.3, 0.4) is 0 Å². The third-order valence-electron chi connectivity index (χ3n) is 5.13. The molecule has 1 aromatic rings.